The number of nitrogens with one attached hydrogen (secondary N) is 1. The van der Waals surface area contributed by atoms with Gasteiger partial charge in [0.25, 0.3) is 5.91 Å². The minimum atomic E-state index is -0.770. The van der Waals surface area contributed by atoms with Crippen molar-refractivity contribution in [1.29, 1.82) is 0 Å². The monoisotopic (exact) mass is 317 g/mol. The van der Waals surface area contributed by atoms with Gasteiger partial charge in [-0.2, -0.15) is 0 Å². The summed E-state index contributed by atoms with van der Waals surface area (Å²) in [5.41, 5.74) is 2.72. The van der Waals surface area contributed by atoms with Gasteiger partial charge in [0.05, 0.1) is 5.56 Å². The van der Waals surface area contributed by atoms with Crippen molar-refractivity contribution in [2.24, 2.45) is 0 Å². The molecule has 0 radical (unpaired) electrons. The van der Waals surface area contributed by atoms with Crippen LogP contribution in [0.2, 0.25) is 0 Å². The summed E-state index contributed by atoms with van der Waals surface area (Å²) >= 11 is 0. The van der Waals surface area contributed by atoms with Crippen LogP contribution in [0.5, 0.6) is 0 Å². The average molecular weight is 317 g/mol. The Labute approximate surface area is 138 Å². The van der Waals surface area contributed by atoms with Crippen molar-refractivity contribution in [3.63, 3.8) is 0 Å². The van der Waals surface area contributed by atoms with E-state index in [2.05, 4.69) is 39.1 Å². The van der Waals surface area contributed by atoms with Gasteiger partial charge in [0, 0.05) is 6.04 Å². The van der Waals surface area contributed by atoms with E-state index in [1.807, 2.05) is 12.1 Å². The quantitative estimate of drug-likeness (QED) is 0.813. The zero-order valence-corrected chi connectivity index (χ0v) is 14.7. The lowest BCUT2D eigenvalue weighted by Crippen LogP contribution is -2.37. The summed E-state index contributed by atoms with van der Waals surface area (Å²) in [6.45, 7) is 9.98. The minimum absolute atomic E-state index is 0.215. The van der Waals surface area contributed by atoms with Crippen molar-refractivity contribution >= 4 is 11.9 Å². The number of benzene rings is 1. The summed E-state index contributed by atoms with van der Waals surface area (Å²) in [7, 11) is 0. The molecular weight excluding hydrogens is 290 g/mol. The van der Waals surface area contributed by atoms with Crippen LogP contribution in [-0.2, 0) is 9.53 Å². The van der Waals surface area contributed by atoms with Gasteiger partial charge in [-0.1, -0.05) is 39.8 Å². The van der Waals surface area contributed by atoms with Crippen LogP contribution < -0.4 is 5.32 Å². The molecule has 126 valence electrons. The van der Waals surface area contributed by atoms with Crippen LogP contribution in [0.1, 0.15) is 80.8 Å². The first-order valence-electron chi connectivity index (χ1n) is 8.44. The number of rotatable bonds is 6. The number of carbonyl (C=O) groups is 2. The molecule has 1 fully saturated rings. The molecule has 1 aliphatic carbocycles. The summed E-state index contributed by atoms with van der Waals surface area (Å²) in [5, 5.41) is 2.86. The second-order valence-electron chi connectivity index (χ2n) is 6.99. The molecule has 1 amide bonds. The third-order valence-corrected chi connectivity index (χ3v) is 4.16. The van der Waals surface area contributed by atoms with Crippen molar-refractivity contribution in [3.05, 3.63) is 34.9 Å². The number of carbonyl (C=O) groups excluding carboxylic acids is 2. The third-order valence-electron chi connectivity index (χ3n) is 4.16. The lowest BCUT2D eigenvalue weighted by atomic mass is 9.91. The molecule has 1 aromatic carbocycles. The Hall–Kier alpha value is -1.84. The maximum atomic E-state index is 12.5. The molecule has 4 nitrogen and oxygen atoms in total. The van der Waals surface area contributed by atoms with E-state index in [4.69, 9.17) is 4.74 Å². The Morgan fingerprint density at radius 1 is 1.09 bits per heavy atom. The van der Waals surface area contributed by atoms with Gasteiger partial charge in [-0.25, -0.2) is 4.79 Å². The standard InChI is InChI=1S/C19H27NO3/c1-11(2)14-6-9-16(17(10-14)12(3)4)19(22)23-13(5)18(21)20-15-7-8-15/h6,9-13,15H,7-8H2,1-5H3,(H,20,21)/t13-/m0/s1. The highest BCUT2D eigenvalue weighted by atomic mass is 16.5. The number of hydrogen-bond donors (Lipinski definition) is 1. The van der Waals surface area contributed by atoms with E-state index in [-0.39, 0.29) is 17.9 Å². The first-order valence-corrected chi connectivity index (χ1v) is 8.44. The van der Waals surface area contributed by atoms with Crippen molar-refractivity contribution < 1.29 is 14.3 Å². The molecule has 0 aliphatic heterocycles. The molecule has 4 heteroatoms. The normalized spacial score (nSPS) is 15.6. The van der Waals surface area contributed by atoms with Gasteiger partial charge in [0.1, 0.15) is 0 Å². The maximum Gasteiger partial charge on any atom is 0.339 e. The highest BCUT2D eigenvalue weighted by Crippen LogP contribution is 2.26. The van der Waals surface area contributed by atoms with Crippen LogP contribution in [0.25, 0.3) is 0 Å². The van der Waals surface area contributed by atoms with Gasteiger partial charge in [-0.05, 0) is 48.8 Å². The third kappa shape index (κ3) is 4.57. The van der Waals surface area contributed by atoms with Gasteiger partial charge in [-0.15, -0.1) is 0 Å². The predicted octanol–water partition coefficient (Wildman–Crippen LogP) is 3.76. The average Bonchev–Trinajstić information content (AvgIpc) is 3.30. The summed E-state index contributed by atoms with van der Waals surface area (Å²) < 4.78 is 5.37. The number of amides is 1. The fraction of sp³-hybridized carbons (Fsp3) is 0.579. The highest BCUT2D eigenvalue weighted by Gasteiger charge is 2.28. The number of ether oxygens (including phenoxy) is 1. The van der Waals surface area contributed by atoms with E-state index in [0.29, 0.717) is 11.5 Å². The summed E-state index contributed by atoms with van der Waals surface area (Å²) in [6.07, 6.45) is 1.26. The second kappa shape index (κ2) is 7.16. The molecule has 1 atom stereocenters. The van der Waals surface area contributed by atoms with Gasteiger partial charge in [0.2, 0.25) is 0 Å². The van der Waals surface area contributed by atoms with Gasteiger partial charge in [0.15, 0.2) is 6.10 Å². The van der Waals surface area contributed by atoms with E-state index in [0.717, 1.165) is 18.4 Å². The van der Waals surface area contributed by atoms with E-state index in [9.17, 15) is 9.59 Å². The van der Waals surface area contributed by atoms with E-state index < -0.39 is 12.1 Å². The highest BCUT2D eigenvalue weighted by molar-refractivity contribution is 5.93. The Morgan fingerprint density at radius 2 is 1.74 bits per heavy atom. The molecule has 0 bridgehead atoms. The number of esters is 1. The van der Waals surface area contributed by atoms with Crippen molar-refractivity contribution in [1.82, 2.24) is 5.32 Å². The molecule has 23 heavy (non-hydrogen) atoms. The van der Waals surface area contributed by atoms with Crippen LogP contribution in [0.3, 0.4) is 0 Å². The van der Waals surface area contributed by atoms with Crippen molar-refractivity contribution in [2.75, 3.05) is 0 Å². The summed E-state index contributed by atoms with van der Waals surface area (Å²) in [5.74, 6) is -0.0270. The molecule has 0 unspecified atom stereocenters. The smallest absolute Gasteiger partial charge is 0.339 e. The van der Waals surface area contributed by atoms with Gasteiger partial charge >= 0.3 is 5.97 Å². The summed E-state index contributed by atoms with van der Waals surface area (Å²) in [6, 6.07) is 6.11. The molecular formula is C19H27NO3. The first-order chi connectivity index (χ1) is 10.8. The molecule has 2 rings (SSSR count). The second-order valence-corrected chi connectivity index (χ2v) is 6.99. The molecule has 1 aromatic rings. The van der Waals surface area contributed by atoms with E-state index in [1.165, 1.54) is 5.56 Å². The number of hydrogen-bond acceptors (Lipinski definition) is 3. The predicted molar refractivity (Wildman–Crippen MR) is 90.7 cm³/mol. The zero-order valence-electron chi connectivity index (χ0n) is 14.7. The first kappa shape index (κ1) is 17.5. The van der Waals surface area contributed by atoms with Gasteiger partial charge in [-0.3, -0.25) is 4.79 Å². The van der Waals surface area contributed by atoms with Crippen LogP contribution in [-0.4, -0.2) is 24.0 Å². The fourth-order valence-electron chi connectivity index (χ4n) is 2.43. The van der Waals surface area contributed by atoms with E-state index >= 15 is 0 Å². The minimum Gasteiger partial charge on any atom is -0.449 e. The molecule has 1 saturated carbocycles. The topological polar surface area (TPSA) is 55.4 Å². The molecule has 1 N–H and O–H groups in total. The fourth-order valence-corrected chi connectivity index (χ4v) is 2.43. The Bertz CT molecular complexity index is 588. The Morgan fingerprint density at radius 3 is 2.26 bits per heavy atom. The molecule has 1 aliphatic rings. The van der Waals surface area contributed by atoms with Gasteiger partial charge < -0.3 is 10.1 Å². The van der Waals surface area contributed by atoms with Crippen LogP contribution in [0.15, 0.2) is 18.2 Å². The lowest BCUT2D eigenvalue weighted by molar-refractivity contribution is -0.129. The van der Waals surface area contributed by atoms with Crippen LogP contribution >= 0.6 is 0 Å². The molecule has 0 saturated heterocycles. The molecule has 0 aromatic heterocycles. The van der Waals surface area contributed by atoms with E-state index in [1.54, 1.807) is 6.92 Å². The van der Waals surface area contributed by atoms with Crippen LogP contribution in [0, 0.1) is 0 Å². The largest absolute Gasteiger partial charge is 0.449 e. The van der Waals surface area contributed by atoms with Crippen molar-refractivity contribution in [2.45, 2.75) is 71.4 Å². The molecule has 0 heterocycles. The SMILES string of the molecule is CC(C)c1ccc(C(=O)O[C@@H](C)C(=O)NC2CC2)c(C(C)C)c1. The summed E-state index contributed by atoms with van der Waals surface area (Å²) in [4.78, 5) is 24.4. The molecule has 0 spiro atoms. The lowest BCUT2D eigenvalue weighted by Gasteiger charge is -2.18. The zero-order chi connectivity index (χ0) is 17.1. The Kier molecular flexibility index (Phi) is 5.45. The Balaban J connectivity index is 2.12. The van der Waals surface area contributed by atoms with Crippen LogP contribution in [0.4, 0.5) is 0 Å². The van der Waals surface area contributed by atoms with Crippen molar-refractivity contribution in [3.8, 4) is 0 Å². The maximum absolute atomic E-state index is 12.5.